The van der Waals surface area contributed by atoms with E-state index in [9.17, 15) is 9.90 Å². The molecule has 122 valence electrons. The summed E-state index contributed by atoms with van der Waals surface area (Å²) >= 11 is 0. The predicted molar refractivity (Wildman–Crippen MR) is 92.4 cm³/mol. The van der Waals surface area contributed by atoms with Crippen LogP contribution in [0.3, 0.4) is 0 Å². The molecule has 0 fully saturated rings. The Bertz CT molecular complexity index is 899. The molecule has 0 bridgehead atoms. The van der Waals surface area contributed by atoms with Crippen LogP contribution in [-0.4, -0.2) is 29.3 Å². The number of aromatic nitrogens is 1. The van der Waals surface area contributed by atoms with Crippen LogP contribution < -0.4 is 10.2 Å². The van der Waals surface area contributed by atoms with Crippen LogP contribution >= 0.6 is 0 Å². The van der Waals surface area contributed by atoms with Gasteiger partial charge in [-0.15, -0.1) is 0 Å². The molecule has 3 N–H and O–H groups in total. The number of ether oxygens (including phenoxy) is 1. The lowest BCUT2D eigenvalue weighted by Gasteiger charge is -2.03. The summed E-state index contributed by atoms with van der Waals surface area (Å²) in [5.41, 5.74) is 5.13. The van der Waals surface area contributed by atoms with Gasteiger partial charge in [0, 0.05) is 17.1 Å². The van der Waals surface area contributed by atoms with Gasteiger partial charge in [0.25, 0.3) is 0 Å². The number of hydrogen-bond donors (Lipinski definition) is 3. The Hall–Kier alpha value is -3.28. The van der Waals surface area contributed by atoms with E-state index < -0.39 is 0 Å². The second kappa shape index (κ2) is 6.87. The van der Waals surface area contributed by atoms with E-state index >= 15 is 0 Å². The Kier molecular flexibility index (Phi) is 4.47. The van der Waals surface area contributed by atoms with E-state index in [0.717, 1.165) is 16.5 Å². The van der Waals surface area contributed by atoms with Gasteiger partial charge in [0.2, 0.25) is 5.91 Å². The predicted octanol–water partition coefficient (Wildman–Crippen LogP) is 2.57. The first-order valence-corrected chi connectivity index (χ1v) is 7.41. The Balaban J connectivity index is 1.63. The van der Waals surface area contributed by atoms with Crippen LogP contribution in [0.15, 0.2) is 53.8 Å². The number of nitrogens with one attached hydrogen (secondary N) is 2. The third-order valence-corrected chi connectivity index (χ3v) is 3.63. The summed E-state index contributed by atoms with van der Waals surface area (Å²) in [7, 11) is 1.47. The van der Waals surface area contributed by atoms with Gasteiger partial charge in [-0.1, -0.05) is 18.2 Å². The number of methoxy groups -OCH3 is 1. The van der Waals surface area contributed by atoms with Crippen LogP contribution in [-0.2, 0) is 11.2 Å². The number of aromatic hydroxyl groups is 1. The number of phenols is 1. The Labute approximate surface area is 138 Å². The average Bonchev–Trinajstić information content (AvgIpc) is 2.99. The molecule has 0 saturated heterocycles. The number of amides is 1. The molecule has 24 heavy (non-hydrogen) atoms. The van der Waals surface area contributed by atoms with Crippen molar-refractivity contribution in [2.75, 3.05) is 7.11 Å². The lowest BCUT2D eigenvalue weighted by molar-refractivity contribution is -0.120. The van der Waals surface area contributed by atoms with Crippen LogP contribution in [0.5, 0.6) is 11.5 Å². The van der Waals surface area contributed by atoms with Crippen LogP contribution in [0.2, 0.25) is 0 Å². The highest BCUT2D eigenvalue weighted by Crippen LogP contribution is 2.25. The Morgan fingerprint density at radius 3 is 3.00 bits per heavy atom. The number of hydrazone groups is 1. The molecule has 0 saturated carbocycles. The number of hydrogen-bond acceptors (Lipinski definition) is 4. The fraction of sp³-hybridized carbons (Fsp3) is 0.111. The van der Waals surface area contributed by atoms with Crippen molar-refractivity contribution >= 4 is 23.0 Å². The third-order valence-electron chi connectivity index (χ3n) is 3.63. The maximum Gasteiger partial charge on any atom is 0.244 e. The molecule has 0 aliphatic heterocycles. The second-order valence-corrected chi connectivity index (χ2v) is 5.26. The first-order chi connectivity index (χ1) is 11.7. The van der Waals surface area contributed by atoms with Crippen molar-refractivity contribution in [1.29, 1.82) is 0 Å². The summed E-state index contributed by atoms with van der Waals surface area (Å²) in [6.07, 6.45) is 3.56. The third kappa shape index (κ3) is 3.38. The molecule has 0 aliphatic carbocycles. The summed E-state index contributed by atoms with van der Waals surface area (Å²) < 4.78 is 5.02. The molecule has 3 rings (SSSR count). The smallest absolute Gasteiger partial charge is 0.244 e. The number of carbonyl (C=O) groups is 1. The molecule has 1 heterocycles. The highest BCUT2D eigenvalue weighted by atomic mass is 16.5. The van der Waals surface area contributed by atoms with Crippen molar-refractivity contribution in [3.05, 3.63) is 59.8 Å². The van der Waals surface area contributed by atoms with Crippen molar-refractivity contribution in [2.24, 2.45) is 5.10 Å². The molecule has 6 nitrogen and oxygen atoms in total. The minimum absolute atomic E-state index is 0.0537. The topological polar surface area (TPSA) is 86.7 Å². The Morgan fingerprint density at radius 2 is 2.17 bits per heavy atom. The number of aromatic amines is 1. The number of fused-ring (bicyclic) bond motifs is 1. The standard InChI is InChI=1S/C18H17N3O3/c1-24-17-8-12(6-7-16(17)22)10-20-21-18(23)9-13-11-19-15-5-3-2-4-14(13)15/h2-8,10-11,19,22H,9H2,1H3,(H,21,23)/b20-10-. The van der Waals surface area contributed by atoms with E-state index in [2.05, 4.69) is 15.5 Å². The Morgan fingerprint density at radius 1 is 1.33 bits per heavy atom. The summed E-state index contributed by atoms with van der Waals surface area (Å²) in [5.74, 6) is 0.198. The number of H-pyrrole nitrogens is 1. The van der Waals surface area contributed by atoms with Gasteiger partial charge in [-0.05, 0) is 35.4 Å². The van der Waals surface area contributed by atoms with E-state index in [1.165, 1.54) is 19.4 Å². The van der Waals surface area contributed by atoms with Crippen LogP contribution in [0, 0.1) is 0 Å². The number of para-hydroxylation sites is 1. The van der Waals surface area contributed by atoms with Crippen LogP contribution in [0.25, 0.3) is 10.9 Å². The minimum Gasteiger partial charge on any atom is -0.504 e. The van der Waals surface area contributed by atoms with Crippen molar-refractivity contribution in [3.8, 4) is 11.5 Å². The zero-order valence-electron chi connectivity index (χ0n) is 13.1. The number of benzene rings is 2. The highest BCUT2D eigenvalue weighted by molar-refractivity contribution is 5.89. The molecule has 1 amide bonds. The molecule has 3 aromatic rings. The van der Waals surface area contributed by atoms with Crippen LogP contribution in [0.1, 0.15) is 11.1 Å². The summed E-state index contributed by atoms with van der Waals surface area (Å²) in [6, 6.07) is 12.6. The maximum absolute atomic E-state index is 12.0. The van der Waals surface area contributed by atoms with Crippen molar-refractivity contribution in [3.63, 3.8) is 0 Å². The van der Waals surface area contributed by atoms with E-state index in [0.29, 0.717) is 11.3 Å². The van der Waals surface area contributed by atoms with E-state index in [1.807, 2.05) is 30.5 Å². The zero-order valence-corrected chi connectivity index (χ0v) is 13.1. The quantitative estimate of drug-likeness (QED) is 0.498. The normalized spacial score (nSPS) is 11.0. The van der Waals surface area contributed by atoms with Gasteiger partial charge in [0.15, 0.2) is 11.5 Å². The molecular weight excluding hydrogens is 306 g/mol. The summed E-state index contributed by atoms with van der Waals surface area (Å²) in [4.78, 5) is 15.2. The van der Waals surface area contributed by atoms with Crippen molar-refractivity contribution in [1.82, 2.24) is 10.4 Å². The van der Waals surface area contributed by atoms with E-state index in [4.69, 9.17) is 4.74 Å². The monoisotopic (exact) mass is 323 g/mol. The minimum atomic E-state index is -0.207. The molecule has 6 heteroatoms. The highest BCUT2D eigenvalue weighted by Gasteiger charge is 2.07. The van der Waals surface area contributed by atoms with Crippen molar-refractivity contribution < 1.29 is 14.6 Å². The first kappa shape index (κ1) is 15.6. The van der Waals surface area contributed by atoms with Gasteiger partial charge >= 0.3 is 0 Å². The number of nitrogens with zero attached hydrogens (tertiary/aromatic N) is 1. The van der Waals surface area contributed by atoms with Gasteiger partial charge in [0.05, 0.1) is 19.7 Å². The lowest BCUT2D eigenvalue weighted by Crippen LogP contribution is -2.19. The fourth-order valence-electron chi connectivity index (χ4n) is 2.44. The van der Waals surface area contributed by atoms with Gasteiger partial charge < -0.3 is 14.8 Å². The second-order valence-electron chi connectivity index (χ2n) is 5.26. The molecule has 1 aromatic heterocycles. The molecule has 0 radical (unpaired) electrons. The number of carbonyl (C=O) groups excluding carboxylic acids is 1. The van der Waals surface area contributed by atoms with Gasteiger partial charge in [0.1, 0.15) is 0 Å². The van der Waals surface area contributed by atoms with Gasteiger partial charge in [-0.25, -0.2) is 5.43 Å². The summed E-state index contributed by atoms with van der Waals surface area (Å²) in [5, 5.41) is 14.5. The van der Waals surface area contributed by atoms with Crippen LogP contribution in [0.4, 0.5) is 0 Å². The molecule has 0 aliphatic rings. The lowest BCUT2D eigenvalue weighted by atomic mass is 10.1. The van der Waals surface area contributed by atoms with Gasteiger partial charge in [-0.3, -0.25) is 4.79 Å². The van der Waals surface area contributed by atoms with E-state index in [-0.39, 0.29) is 18.1 Å². The molecule has 0 atom stereocenters. The SMILES string of the molecule is COc1cc(/C=N\NC(=O)Cc2c[nH]c3ccccc23)ccc1O. The fourth-order valence-corrected chi connectivity index (χ4v) is 2.44. The van der Waals surface area contributed by atoms with E-state index in [1.54, 1.807) is 12.1 Å². The molecule has 0 unspecified atom stereocenters. The average molecular weight is 323 g/mol. The number of phenolic OH excluding ortho intramolecular Hbond substituents is 1. The number of rotatable bonds is 5. The largest absolute Gasteiger partial charge is 0.504 e. The van der Waals surface area contributed by atoms with Gasteiger partial charge in [-0.2, -0.15) is 5.10 Å². The molecule has 2 aromatic carbocycles. The summed E-state index contributed by atoms with van der Waals surface area (Å²) in [6.45, 7) is 0. The zero-order chi connectivity index (χ0) is 16.9. The van der Waals surface area contributed by atoms with Crippen molar-refractivity contribution in [2.45, 2.75) is 6.42 Å². The maximum atomic E-state index is 12.0. The first-order valence-electron chi connectivity index (χ1n) is 7.41. The molecule has 0 spiro atoms. The molecular formula is C18H17N3O3.